The predicted molar refractivity (Wildman–Crippen MR) is 372 cm³/mol. The second kappa shape index (κ2) is 28.6. The van der Waals surface area contributed by atoms with E-state index in [4.69, 9.17) is 0 Å². The van der Waals surface area contributed by atoms with Crippen molar-refractivity contribution >= 4 is 122 Å². The van der Waals surface area contributed by atoms with Crippen LogP contribution in [0.3, 0.4) is 0 Å². The van der Waals surface area contributed by atoms with Crippen LogP contribution in [0.2, 0.25) is 0 Å². The lowest BCUT2D eigenvalue weighted by Gasteiger charge is -2.14. The lowest BCUT2D eigenvalue weighted by molar-refractivity contribution is -0.137. The zero-order chi connectivity index (χ0) is 69.5. The Bertz CT molecular complexity index is 5340. The summed E-state index contributed by atoms with van der Waals surface area (Å²) in [6.07, 6.45) is 7.71. The van der Waals surface area contributed by atoms with Crippen molar-refractivity contribution in [1.82, 2.24) is 29.9 Å². The Morgan fingerprint density at radius 1 is 0.464 bits per heavy atom. The Kier molecular flexibility index (Phi) is 20.3. The molecule has 12 aromatic rings. The molecule has 97 heavy (non-hydrogen) atoms. The number of aromatic amines is 3. The van der Waals surface area contributed by atoms with Gasteiger partial charge >= 0.3 is 21.7 Å². The van der Waals surface area contributed by atoms with E-state index < -0.39 is 53.4 Å². The summed E-state index contributed by atoms with van der Waals surface area (Å²) in [6.45, 7) is 3.33. The van der Waals surface area contributed by atoms with E-state index >= 15 is 0 Å². The molecule has 12 rings (SSSR count). The van der Waals surface area contributed by atoms with Crippen LogP contribution in [0, 0.1) is 0 Å². The molecule has 0 spiro atoms. The van der Waals surface area contributed by atoms with E-state index in [1.807, 2.05) is 133 Å². The summed E-state index contributed by atoms with van der Waals surface area (Å²) in [4.78, 5) is 35.0. The van der Waals surface area contributed by atoms with Gasteiger partial charge in [0, 0.05) is 22.5 Å². The van der Waals surface area contributed by atoms with E-state index in [9.17, 15) is 61.5 Å². The number of fused-ring (bicyclic) bond motifs is 3. The minimum Gasteiger partial charge on any atom is -0.389 e. The monoisotopic (exact) mass is 1380 g/mol. The van der Waals surface area contributed by atoms with Gasteiger partial charge in [0.2, 0.25) is 20.0 Å². The number of carbonyl (C=O) groups is 1. The fourth-order valence-corrected chi connectivity index (χ4v) is 11.8. The number of aliphatic hydroxyl groups is 1. The van der Waals surface area contributed by atoms with Crippen molar-refractivity contribution in [2.75, 3.05) is 26.7 Å². The Hall–Kier alpha value is -10.9. The quantitative estimate of drug-likeness (QED) is 0.0333. The van der Waals surface area contributed by atoms with E-state index in [-0.39, 0.29) is 17.0 Å². The highest BCUT2D eigenvalue weighted by molar-refractivity contribution is 7.93. The molecule has 1 atom stereocenters. The number of H-pyrrole nitrogens is 3. The molecule has 3 heterocycles. The molecule has 0 saturated heterocycles. The maximum absolute atomic E-state index is 12.9. The number of imidazole rings is 3. The minimum absolute atomic E-state index is 0.0293. The van der Waals surface area contributed by atoms with Crippen molar-refractivity contribution in [2.45, 2.75) is 31.6 Å². The summed E-state index contributed by atoms with van der Waals surface area (Å²) in [7, 11) is -12.2. The van der Waals surface area contributed by atoms with Gasteiger partial charge < -0.3 is 20.1 Å². The van der Waals surface area contributed by atoms with Gasteiger partial charge in [-0.05, 0) is 161 Å². The van der Waals surface area contributed by atoms with Gasteiger partial charge in [-0.1, -0.05) is 140 Å². The first kappa shape index (κ1) is 68.9. The number of alkyl halides is 6. The number of anilines is 3. The van der Waals surface area contributed by atoms with Gasteiger partial charge in [0.1, 0.15) is 17.5 Å². The van der Waals surface area contributed by atoms with E-state index in [2.05, 4.69) is 39.3 Å². The van der Waals surface area contributed by atoms with Crippen LogP contribution in [0.4, 0.5) is 43.4 Å². The molecule has 1 unspecified atom stereocenters. The van der Waals surface area contributed by atoms with Crippen LogP contribution in [0.1, 0.15) is 75.6 Å². The highest BCUT2D eigenvalue weighted by Crippen LogP contribution is 2.36. The van der Waals surface area contributed by atoms with E-state index in [1.165, 1.54) is 42.5 Å². The van der Waals surface area contributed by atoms with Gasteiger partial charge in [-0.15, -0.1) is 0 Å². The normalized spacial score (nSPS) is 12.6. The summed E-state index contributed by atoms with van der Waals surface area (Å²) >= 11 is 0. The third kappa shape index (κ3) is 18.1. The molecule has 0 aliphatic rings. The highest BCUT2D eigenvalue weighted by Gasteiger charge is 2.46. The molecule has 17 nitrogen and oxygen atoms in total. The molecule has 9 aromatic carbocycles. The average Bonchev–Trinajstić information content (AvgIpc) is 1.79. The van der Waals surface area contributed by atoms with Crippen LogP contribution < -0.4 is 14.2 Å². The standard InChI is InChI=1S/C24H23N3O3S.C24H21N3O3S.C23H15F6N3O2S/c2*1-16(28)20-5-3-4-6-21(20)18-10-13-22-23(15-18)26-24(25-22)14-9-17-7-11-19(12-8-17)27-31(2,29)30;24-22(25,26)16-5-3-4-14(12-16)8-11-21-30-19-10-9-15(13-20(19)31-21)17-6-1-2-7-18(17)32-35(33,34)23(27,28)29/h3-16,27-28H,1-2H3,(H,25,26);3-15,27H,1-2H3,(H,25,26);1-13,32H,(H,30,31)/b2*14-9+;11-8+. The van der Waals surface area contributed by atoms with Gasteiger partial charge in [0.05, 0.1) is 63.0 Å². The number of ketones is 1. The number of carbonyl (C=O) groups excluding carboxylic acids is 1. The van der Waals surface area contributed by atoms with Crippen LogP contribution in [-0.2, 0) is 36.2 Å². The second-order valence-electron chi connectivity index (χ2n) is 22.1. The molecular formula is C71H59F6N9O8S3. The van der Waals surface area contributed by atoms with E-state index in [1.54, 1.807) is 67.1 Å². The van der Waals surface area contributed by atoms with Crippen LogP contribution in [0.5, 0.6) is 0 Å². The number of sulfonamides is 3. The topological polar surface area (TPSA) is 262 Å². The van der Waals surface area contributed by atoms with Crippen LogP contribution in [0.25, 0.3) is 103 Å². The number of para-hydroxylation sites is 1. The second-order valence-corrected chi connectivity index (χ2v) is 27.3. The molecule has 3 aromatic heterocycles. The molecule has 0 bridgehead atoms. The van der Waals surface area contributed by atoms with Gasteiger partial charge in [0.25, 0.3) is 0 Å². The minimum atomic E-state index is -5.62. The third-order valence-corrected chi connectivity index (χ3v) is 16.9. The number of aromatic nitrogens is 6. The number of nitrogens with zero attached hydrogens (tertiary/aromatic N) is 3. The maximum Gasteiger partial charge on any atom is 0.516 e. The first-order valence-electron chi connectivity index (χ1n) is 29.3. The van der Waals surface area contributed by atoms with Gasteiger partial charge in [-0.25, -0.2) is 31.8 Å². The molecule has 0 aliphatic heterocycles. The molecule has 0 amide bonds. The number of rotatable bonds is 17. The Morgan fingerprint density at radius 3 is 1.32 bits per heavy atom. The van der Waals surface area contributed by atoms with Gasteiger partial charge in [0.15, 0.2) is 5.78 Å². The zero-order valence-electron chi connectivity index (χ0n) is 51.7. The number of hydrogen-bond donors (Lipinski definition) is 7. The van der Waals surface area contributed by atoms with Crippen LogP contribution >= 0.6 is 0 Å². The first-order valence-corrected chi connectivity index (χ1v) is 34.6. The Morgan fingerprint density at radius 2 is 0.876 bits per heavy atom. The largest absolute Gasteiger partial charge is 0.516 e. The number of nitrogens with one attached hydrogen (secondary N) is 6. The van der Waals surface area contributed by atoms with Crippen molar-refractivity contribution in [3.05, 3.63) is 251 Å². The number of halogens is 6. The van der Waals surface area contributed by atoms with Crippen molar-refractivity contribution in [3.8, 4) is 33.4 Å². The molecule has 0 aliphatic carbocycles. The smallest absolute Gasteiger partial charge is 0.389 e. The third-order valence-electron chi connectivity index (χ3n) is 14.6. The van der Waals surface area contributed by atoms with Crippen molar-refractivity contribution in [2.24, 2.45) is 0 Å². The van der Waals surface area contributed by atoms with Gasteiger partial charge in [-0.3, -0.25) is 19.0 Å². The van der Waals surface area contributed by atoms with E-state index in [0.29, 0.717) is 56.6 Å². The fraction of sp³-hybridized carbons (Fsp3) is 0.0986. The molecule has 7 N–H and O–H groups in total. The van der Waals surface area contributed by atoms with E-state index in [0.717, 1.165) is 85.7 Å². The fourth-order valence-electron chi connectivity index (χ4n) is 10.1. The Balaban J connectivity index is 0.000000158. The number of hydrogen-bond acceptors (Lipinski definition) is 11. The summed E-state index contributed by atoms with van der Waals surface area (Å²) in [5.41, 5.74) is 7.16. The molecule has 0 fully saturated rings. The number of benzene rings is 9. The Labute approximate surface area is 553 Å². The number of Topliss-reactive ketones (excluding diaryl/α,β-unsaturated/α-hetero) is 1. The molecular weight excluding hydrogens is 1320 g/mol. The molecule has 0 saturated carbocycles. The summed E-state index contributed by atoms with van der Waals surface area (Å²) in [6, 6.07) is 56.5. The van der Waals surface area contributed by atoms with Crippen molar-refractivity contribution in [3.63, 3.8) is 0 Å². The lowest BCUT2D eigenvalue weighted by Crippen LogP contribution is -2.30. The summed E-state index contributed by atoms with van der Waals surface area (Å²) < 4.78 is 152. The lowest BCUT2D eigenvalue weighted by atomic mass is 9.96. The van der Waals surface area contributed by atoms with Crippen molar-refractivity contribution in [1.29, 1.82) is 0 Å². The maximum atomic E-state index is 12.9. The number of aliphatic hydroxyl groups excluding tert-OH is 1. The van der Waals surface area contributed by atoms with Crippen LogP contribution in [0.15, 0.2) is 200 Å². The highest BCUT2D eigenvalue weighted by atomic mass is 32.2. The zero-order valence-corrected chi connectivity index (χ0v) is 54.2. The predicted octanol–water partition coefficient (Wildman–Crippen LogP) is 16.5. The molecule has 496 valence electrons. The van der Waals surface area contributed by atoms with Crippen LogP contribution in [-0.4, -0.2) is 84.1 Å². The summed E-state index contributed by atoms with van der Waals surface area (Å²) in [5, 5.41) is 10.1. The molecule has 0 radical (unpaired) electrons. The van der Waals surface area contributed by atoms with Gasteiger partial charge in [-0.2, -0.15) is 34.8 Å². The molecule has 26 heteroatoms. The first-order chi connectivity index (χ1) is 45.9. The van der Waals surface area contributed by atoms with Crippen molar-refractivity contribution < 1.29 is 61.5 Å². The average molecular weight is 1380 g/mol. The summed E-state index contributed by atoms with van der Waals surface area (Å²) in [5.74, 6) is 1.78. The SMILES string of the molecule is CC(=O)c1ccccc1-c1ccc2nc(/C=C/c3ccc(NS(C)(=O)=O)cc3)[nH]c2c1.CC(O)c1ccccc1-c1ccc2nc(/C=C/c3ccc(NS(C)(=O)=O)cc3)[nH]c2c1.O=S(=O)(Nc1ccccc1-c1ccc2nc(/C=C/c3cccc(C(F)(F)F)c3)[nH]c2c1)C(F)(F)F.